The molecule has 3 aliphatic rings. The molecule has 5 rings (SSSR count). The summed E-state index contributed by atoms with van der Waals surface area (Å²) in [7, 11) is 1.84. The molecule has 8 nitrogen and oxygen atoms in total. The maximum atomic E-state index is 12.8. The highest BCUT2D eigenvalue weighted by Crippen LogP contribution is 2.33. The van der Waals surface area contributed by atoms with Crippen molar-refractivity contribution in [3.8, 4) is 23.0 Å². The van der Waals surface area contributed by atoms with Crippen molar-refractivity contribution < 1.29 is 23.7 Å². The molecule has 0 spiro atoms. The van der Waals surface area contributed by atoms with E-state index in [0.29, 0.717) is 26.5 Å². The number of fused-ring (bicyclic) bond motifs is 2. The monoisotopic (exact) mass is 439 g/mol. The average molecular weight is 440 g/mol. The van der Waals surface area contributed by atoms with E-state index in [-0.39, 0.29) is 12.0 Å². The quantitative estimate of drug-likeness (QED) is 0.681. The van der Waals surface area contributed by atoms with E-state index in [1.807, 2.05) is 37.4 Å². The molecule has 1 amide bonds. The van der Waals surface area contributed by atoms with E-state index in [0.717, 1.165) is 55.7 Å². The van der Waals surface area contributed by atoms with Crippen LogP contribution in [0.15, 0.2) is 42.5 Å². The van der Waals surface area contributed by atoms with Crippen LogP contribution in [0.25, 0.3) is 0 Å². The molecule has 8 heteroatoms. The van der Waals surface area contributed by atoms with Crippen LogP contribution in [0.5, 0.6) is 23.0 Å². The van der Waals surface area contributed by atoms with E-state index < -0.39 is 0 Å². The van der Waals surface area contributed by atoms with Gasteiger partial charge in [0.15, 0.2) is 29.1 Å². The standard InChI is InChI=1S/C24H29N3O5/c1-25(14-19-16-29-20-4-2-3-5-22(20)32-19)24(28)15-27-10-8-26(9-11-27)13-18-6-7-21-23(12-18)31-17-30-21/h2-7,12,19H,8-11,13-17H2,1H3/t19-/m0/s1. The molecule has 3 aliphatic heterocycles. The fraction of sp³-hybridized carbons (Fsp3) is 0.458. The summed E-state index contributed by atoms with van der Waals surface area (Å²) in [5.41, 5.74) is 1.22. The molecule has 2 aromatic carbocycles. The second-order valence-corrected chi connectivity index (χ2v) is 8.51. The minimum atomic E-state index is -0.155. The predicted molar refractivity (Wildman–Crippen MR) is 118 cm³/mol. The van der Waals surface area contributed by atoms with E-state index in [9.17, 15) is 4.79 Å². The Kier molecular flexibility index (Phi) is 6.05. The van der Waals surface area contributed by atoms with Gasteiger partial charge in [0.2, 0.25) is 12.7 Å². The lowest BCUT2D eigenvalue weighted by Crippen LogP contribution is -2.50. The summed E-state index contributed by atoms with van der Waals surface area (Å²) in [6, 6.07) is 13.8. The molecule has 32 heavy (non-hydrogen) atoms. The Morgan fingerprint density at radius 3 is 2.50 bits per heavy atom. The zero-order valence-corrected chi connectivity index (χ0v) is 18.4. The van der Waals surface area contributed by atoms with Crippen molar-refractivity contribution in [3.05, 3.63) is 48.0 Å². The molecule has 1 atom stereocenters. The summed E-state index contributed by atoms with van der Waals surface area (Å²) in [4.78, 5) is 19.1. The molecule has 0 radical (unpaired) electrons. The maximum absolute atomic E-state index is 12.8. The van der Waals surface area contributed by atoms with Gasteiger partial charge in [-0.1, -0.05) is 18.2 Å². The Labute approximate surface area is 188 Å². The number of amides is 1. The first-order valence-corrected chi connectivity index (χ1v) is 11.1. The molecule has 0 N–H and O–H groups in total. The van der Waals surface area contributed by atoms with Crippen LogP contribution in [0, 0.1) is 0 Å². The lowest BCUT2D eigenvalue weighted by Gasteiger charge is -2.35. The first-order chi connectivity index (χ1) is 15.6. The van der Waals surface area contributed by atoms with Gasteiger partial charge >= 0.3 is 0 Å². The van der Waals surface area contributed by atoms with Crippen LogP contribution in [-0.4, -0.2) is 86.4 Å². The minimum absolute atomic E-state index is 0.108. The second kappa shape index (κ2) is 9.26. The molecular weight excluding hydrogens is 410 g/mol. The minimum Gasteiger partial charge on any atom is -0.486 e. The van der Waals surface area contributed by atoms with E-state index in [1.54, 1.807) is 4.90 Å². The van der Waals surface area contributed by atoms with Crippen LogP contribution in [0.1, 0.15) is 5.56 Å². The molecule has 3 heterocycles. The average Bonchev–Trinajstić information content (AvgIpc) is 3.28. The molecular formula is C24H29N3O5. The molecule has 1 saturated heterocycles. The molecule has 0 saturated carbocycles. The van der Waals surface area contributed by atoms with E-state index in [4.69, 9.17) is 18.9 Å². The molecule has 0 unspecified atom stereocenters. The number of benzene rings is 2. The van der Waals surface area contributed by atoms with Crippen molar-refractivity contribution in [1.29, 1.82) is 0 Å². The Balaban J connectivity index is 1.05. The SMILES string of the molecule is CN(C[C@H]1COc2ccccc2O1)C(=O)CN1CCN(Cc2ccc3c(c2)OCO3)CC1. The van der Waals surface area contributed by atoms with Crippen LogP contribution >= 0.6 is 0 Å². The molecule has 0 aromatic heterocycles. The lowest BCUT2D eigenvalue weighted by molar-refractivity contribution is -0.133. The third-order valence-electron chi connectivity index (χ3n) is 6.14. The zero-order chi connectivity index (χ0) is 21.9. The van der Waals surface area contributed by atoms with E-state index in [2.05, 4.69) is 21.9 Å². The number of hydrogen-bond acceptors (Lipinski definition) is 7. The van der Waals surface area contributed by atoms with Crippen molar-refractivity contribution in [1.82, 2.24) is 14.7 Å². The van der Waals surface area contributed by atoms with Crippen molar-refractivity contribution in [2.24, 2.45) is 0 Å². The highest BCUT2D eigenvalue weighted by Gasteiger charge is 2.26. The number of piperazine rings is 1. The van der Waals surface area contributed by atoms with Gasteiger partial charge in [-0.2, -0.15) is 0 Å². The van der Waals surface area contributed by atoms with E-state index >= 15 is 0 Å². The van der Waals surface area contributed by atoms with Crippen molar-refractivity contribution in [2.45, 2.75) is 12.6 Å². The Hall–Kier alpha value is -2.97. The summed E-state index contributed by atoms with van der Waals surface area (Å²) < 4.78 is 22.6. The number of para-hydroxylation sites is 2. The molecule has 2 aromatic rings. The number of hydrogen-bond donors (Lipinski definition) is 0. The lowest BCUT2D eigenvalue weighted by atomic mass is 10.1. The molecule has 1 fully saturated rings. The summed E-state index contributed by atoms with van der Waals surface area (Å²) >= 11 is 0. The van der Waals surface area contributed by atoms with Gasteiger partial charge in [-0.15, -0.1) is 0 Å². The summed E-state index contributed by atoms with van der Waals surface area (Å²) in [6.07, 6.45) is -0.155. The Bertz CT molecular complexity index is 960. The molecule has 0 bridgehead atoms. The van der Waals surface area contributed by atoms with Gasteiger partial charge in [-0.3, -0.25) is 14.6 Å². The predicted octanol–water partition coefficient (Wildman–Crippen LogP) is 1.83. The van der Waals surface area contributed by atoms with Gasteiger partial charge in [-0.05, 0) is 29.8 Å². The smallest absolute Gasteiger partial charge is 0.236 e. The van der Waals surface area contributed by atoms with E-state index in [1.165, 1.54) is 5.56 Å². The third kappa shape index (κ3) is 4.76. The number of carbonyl (C=O) groups is 1. The summed E-state index contributed by atoms with van der Waals surface area (Å²) in [6.45, 7) is 6.18. The van der Waals surface area contributed by atoms with Gasteiger partial charge in [0.1, 0.15) is 6.61 Å². The second-order valence-electron chi connectivity index (χ2n) is 8.51. The number of ether oxygens (including phenoxy) is 4. The number of likely N-dealkylation sites (N-methyl/N-ethyl adjacent to an activating group) is 1. The van der Waals surface area contributed by atoms with Crippen molar-refractivity contribution >= 4 is 5.91 Å². The first-order valence-electron chi connectivity index (χ1n) is 11.1. The van der Waals surface area contributed by atoms with Crippen LogP contribution in [0.4, 0.5) is 0 Å². The van der Waals surface area contributed by atoms with Crippen LogP contribution in [-0.2, 0) is 11.3 Å². The van der Waals surface area contributed by atoms with Crippen LogP contribution < -0.4 is 18.9 Å². The van der Waals surface area contributed by atoms with Crippen LogP contribution in [0.2, 0.25) is 0 Å². The van der Waals surface area contributed by atoms with Gasteiger partial charge in [0, 0.05) is 39.8 Å². The van der Waals surface area contributed by atoms with Gasteiger partial charge in [0.05, 0.1) is 13.1 Å². The number of carbonyl (C=O) groups excluding carboxylic acids is 1. The Morgan fingerprint density at radius 2 is 1.66 bits per heavy atom. The van der Waals surface area contributed by atoms with Crippen molar-refractivity contribution in [3.63, 3.8) is 0 Å². The fourth-order valence-electron chi connectivity index (χ4n) is 4.28. The summed E-state index contributed by atoms with van der Waals surface area (Å²) in [5.74, 6) is 3.25. The third-order valence-corrected chi connectivity index (χ3v) is 6.14. The van der Waals surface area contributed by atoms with Crippen LogP contribution in [0.3, 0.4) is 0 Å². The highest BCUT2D eigenvalue weighted by atomic mass is 16.7. The maximum Gasteiger partial charge on any atom is 0.236 e. The van der Waals surface area contributed by atoms with Crippen molar-refractivity contribution in [2.75, 3.05) is 59.7 Å². The Morgan fingerprint density at radius 1 is 0.938 bits per heavy atom. The largest absolute Gasteiger partial charge is 0.486 e. The molecule has 0 aliphatic carbocycles. The zero-order valence-electron chi connectivity index (χ0n) is 18.4. The topological polar surface area (TPSA) is 63.7 Å². The van der Waals surface area contributed by atoms with Gasteiger partial charge in [0.25, 0.3) is 0 Å². The number of rotatable bonds is 6. The van der Waals surface area contributed by atoms with Gasteiger partial charge in [-0.25, -0.2) is 0 Å². The normalized spacial score (nSPS) is 20.2. The molecule has 170 valence electrons. The highest BCUT2D eigenvalue weighted by molar-refractivity contribution is 5.78. The number of nitrogens with zero attached hydrogens (tertiary/aromatic N) is 3. The summed E-state index contributed by atoms with van der Waals surface area (Å²) in [5, 5.41) is 0. The van der Waals surface area contributed by atoms with Gasteiger partial charge < -0.3 is 23.8 Å². The fourth-order valence-corrected chi connectivity index (χ4v) is 4.28. The first kappa shape index (κ1) is 20.9.